The Morgan fingerprint density at radius 1 is 1.40 bits per heavy atom. The summed E-state index contributed by atoms with van der Waals surface area (Å²) in [4.78, 5) is 2.56. The molecule has 2 aliphatic rings. The van der Waals surface area contributed by atoms with Crippen LogP contribution < -0.4 is 0 Å². The van der Waals surface area contributed by atoms with Crippen molar-refractivity contribution in [2.24, 2.45) is 11.8 Å². The van der Waals surface area contributed by atoms with Gasteiger partial charge in [-0.25, -0.2) is 0 Å². The van der Waals surface area contributed by atoms with Crippen LogP contribution in [0.5, 0.6) is 0 Å². The Morgan fingerprint density at radius 3 is 2.80 bits per heavy atom. The normalized spacial score (nSPS) is 33.9. The summed E-state index contributed by atoms with van der Waals surface area (Å²) in [5.41, 5.74) is 1.61. The fourth-order valence-electron chi connectivity index (χ4n) is 2.76. The SMILES string of the molecule is CC1=CCC[C@H](C)[C@@H]1CN1CCOCC1. The Balaban J connectivity index is 1.91. The van der Waals surface area contributed by atoms with Gasteiger partial charge in [-0.2, -0.15) is 0 Å². The van der Waals surface area contributed by atoms with Gasteiger partial charge in [0.05, 0.1) is 13.2 Å². The van der Waals surface area contributed by atoms with Gasteiger partial charge in [0.2, 0.25) is 0 Å². The molecule has 0 unspecified atom stereocenters. The molecule has 1 saturated heterocycles. The molecule has 2 atom stereocenters. The Hall–Kier alpha value is -0.340. The van der Waals surface area contributed by atoms with Gasteiger partial charge in [-0.1, -0.05) is 18.6 Å². The van der Waals surface area contributed by atoms with Crippen LogP contribution in [-0.2, 0) is 4.74 Å². The first-order chi connectivity index (χ1) is 7.27. The van der Waals surface area contributed by atoms with Crippen molar-refractivity contribution in [2.75, 3.05) is 32.8 Å². The maximum atomic E-state index is 5.39. The van der Waals surface area contributed by atoms with Crippen LogP contribution in [-0.4, -0.2) is 37.7 Å². The molecule has 0 aromatic heterocycles. The third-order valence-corrected chi connectivity index (χ3v) is 3.92. The summed E-state index contributed by atoms with van der Waals surface area (Å²) in [5.74, 6) is 1.65. The van der Waals surface area contributed by atoms with Crippen LogP contribution >= 0.6 is 0 Å². The molecular weight excluding hydrogens is 186 g/mol. The molecule has 0 aromatic rings. The zero-order chi connectivity index (χ0) is 10.7. The topological polar surface area (TPSA) is 12.5 Å². The third kappa shape index (κ3) is 2.82. The maximum Gasteiger partial charge on any atom is 0.0594 e. The average molecular weight is 209 g/mol. The fraction of sp³-hybridized carbons (Fsp3) is 0.846. The molecule has 2 rings (SSSR count). The lowest BCUT2D eigenvalue weighted by atomic mass is 9.80. The van der Waals surface area contributed by atoms with Crippen molar-refractivity contribution in [3.05, 3.63) is 11.6 Å². The van der Waals surface area contributed by atoms with Crippen molar-refractivity contribution < 1.29 is 4.74 Å². The van der Waals surface area contributed by atoms with Gasteiger partial charge in [0.1, 0.15) is 0 Å². The largest absolute Gasteiger partial charge is 0.379 e. The molecule has 2 nitrogen and oxygen atoms in total. The zero-order valence-electron chi connectivity index (χ0n) is 10.0. The van der Waals surface area contributed by atoms with E-state index < -0.39 is 0 Å². The molecule has 0 radical (unpaired) electrons. The molecular formula is C13H23NO. The van der Waals surface area contributed by atoms with Crippen molar-refractivity contribution in [1.29, 1.82) is 0 Å². The molecule has 0 aromatic carbocycles. The first-order valence-electron chi connectivity index (χ1n) is 6.24. The Kier molecular flexibility index (Phi) is 3.81. The van der Waals surface area contributed by atoms with Crippen LogP contribution in [0, 0.1) is 11.8 Å². The average Bonchev–Trinajstić information content (AvgIpc) is 2.25. The standard InChI is InChI=1S/C13H23NO/c1-11-4-3-5-12(2)13(11)10-14-6-8-15-9-7-14/h4,12-13H,3,5-10H2,1-2H3/t12-,13+/m0/s1. The van der Waals surface area contributed by atoms with Crippen LogP contribution in [0.3, 0.4) is 0 Å². The van der Waals surface area contributed by atoms with E-state index in [-0.39, 0.29) is 0 Å². The van der Waals surface area contributed by atoms with Crippen LogP contribution in [0.25, 0.3) is 0 Å². The molecule has 0 N–H and O–H groups in total. The third-order valence-electron chi connectivity index (χ3n) is 3.92. The van der Waals surface area contributed by atoms with Gasteiger partial charge in [0, 0.05) is 19.6 Å². The molecule has 1 fully saturated rings. The Labute approximate surface area is 93.3 Å². The van der Waals surface area contributed by atoms with Gasteiger partial charge >= 0.3 is 0 Å². The zero-order valence-corrected chi connectivity index (χ0v) is 10.0. The first kappa shape index (κ1) is 11.2. The highest BCUT2D eigenvalue weighted by atomic mass is 16.5. The van der Waals surface area contributed by atoms with Crippen LogP contribution in [0.15, 0.2) is 11.6 Å². The minimum Gasteiger partial charge on any atom is -0.379 e. The highest BCUT2D eigenvalue weighted by Crippen LogP contribution is 2.30. The Bertz CT molecular complexity index is 231. The fourth-order valence-corrected chi connectivity index (χ4v) is 2.76. The lowest BCUT2D eigenvalue weighted by Gasteiger charge is -2.35. The van der Waals surface area contributed by atoms with E-state index in [1.54, 1.807) is 5.57 Å². The maximum absolute atomic E-state index is 5.39. The number of hydrogen-bond acceptors (Lipinski definition) is 2. The van der Waals surface area contributed by atoms with E-state index in [0.29, 0.717) is 0 Å². The molecule has 2 heteroatoms. The number of hydrogen-bond donors (Lipinski definition) is 0. The van der Waals surface area contributed by atoms with Gasteiger partial charge in [-0.15, -0.1) is 0 Å². The Morgan fingerprint density at radius 2 is 2.13 bits per heavy atom. The number of nitrogens with zero attached hydrogens (tertiary/aromatic N) is 1. The molecule has 86 valence electrons. The van der Waals surface area contributed by atoms with E-state index in [1.807, 2.05) is 0 Å². The second kappa shape index (κ2) is 5.13. The lowest BCUT2D eigenvalue weighted by Crippen LogP contribution is -2.41. The predicted molar refractivity (Wildman–Crippen MR) is 62.9 cm³/mol. The van der Waals surface area contributed by atoms with E-state index in [0.717, 1.165) is 38.1 Å². The van der Waals surface area contributed by atoms with E-state index in [4.69, 9.17) is 4.74 Å². The number of rotatable bonds is 2. The summed E-state index contributed by atoms with van der Waals surface area (Å²) < 4.78 is 5.39. The minimum atomic E-state index is 0.789. The summed E-state index contributed by atoms with van der Waals surface area (Å²) in [6.07, 6.45) is 5.09. The summed E-state index contributed by atoms with van der Waals surface area (Å²) in [6, 6.07) is 0. The molecule has 0 saturated carbocycles. The second-order valence-corrected chi connectivity index (χ2v) is 5.02. The number of allylic oxidation sites excluding steroid dienone is 1. The van der Waals surface area contributed by atoms with Crippen LogP contribution in [0.1, 0.15) is 26.7 Å². The quantitative estimate of drug-likeness (QED) is 0.647. The minimum absolute atomic E-state index is 0.789. The van der Waals surface area contributed by atoms with Gasteiger partial charge in [-0.05, 0) is 31.6 Å². The summed E-state index contributed by atoms with van der Waals surface area (Å²) in [5, 5.41) is 0. The molecule has 15 heavy (non-hydrogen) atoms. The van der Waals surface area contributed by atoms with E-state index in [9.17, 15) is 0 Å². The first-order valence-corrected chi connectivity index (χ1v) is 6.24. The van der Waals surface area contributed by atoms with Crippen LogP contribution in [0.4, 0.5) is 0 Å². The smallest absolute Gasteiger partial charge is 0.0594 e. The number of ether oxygens (including phenoxy) is 1. The van der Waals surface area contributed by atoms with Crippen molar-refractivity contribution in [1.82, 2.24) is 4.90 Å². The molecule has 0 spiro atoms. The highest BCUT2D eigenvalue weighted by molar-refractivity contribution is 5.09. The predicted octanol–water partition coefficient (Wildman–Crippen LogP) is 2.31. The van der Waals surface area contributed by atoms with Crippen molar-refractivity contribution in [2.45, 2.75) is 26.7 Å². The van der Waals surface area contributed by atoms with Crippen molar-refractivity contribution >= 4 is 0 Å². The van der Waals surface area contributed by atoms with Gasteiger partial charge < -0.3 is 4.74 Å². The van der Waals surface area contributed by atoms with Gasteiger partial charge in [-0.3, -0.25) is 4.90 Å². The van der Waals surface area contributed by atoms with Gasteiger partial charge in [0.15, 0.2) is 0 Å². The summed E-state index contributed by atoms with van der Waals surface area (Å²) >= 11 is 0. The molecule has 1 aliphatic carbocycles. The summed E-state index contributed by atoms with van der Waals surface area (Å²) in [6.45, 7) is 10.0. The molecule has 0 bridgehead atoms. The molecule has 1 heterocycles. The number of morpholine rings is 1. The van der Waals surface area contributed by atoms with Crippen LogP contribution in [0.2, 0.25) is 0 Å². The van der Waals surface area contributed by atoms with Gasteiger partial charge in [0.25, 0.3) is 0 Å². The van der Waals surface area contributed by atoms with Crippen molar-refractivity contribution in [3.8, 4) is 0 Å². The molecule has 1 aliphatic heterocycles. The molecule has 0 amide bonds. The van der Waals surface area contributed by atoms with E-state index >= 15 is 0 Å². The summed E-state index contributed by atoms with van der Waals surface area (Å²) in [7, 11) is 0. The highest BCUT2D eigenvalue weighted by Gasteiger charge is 2.24. The monoisotopic (exact) mass is 209 g/mol. The lowest BCUT2D eigenvalue weighted by molar-refractivity contribution is 0.0287. The van der Waals surface area contributed by atoms with E-state index in [2.05, 4.69) is 24.8 Å². The second-order valence-electron chi connectivity index (χ2n) is 5.02. The van der Waals surface area contributed by atoms with Crippen molar-refractivity contribution in [3.63, 3.8) is 0 Å². The van der Waals surface area contributed by atoms with E-state index in [1.165, 1.54) is 19.4 Å².